The van der Waals surface area contributed by atoms with Gasteiger partial charge in [-0.2, -0.15) is 4.98 Å². The molecule has 1 aliphatic carbocycles. The average molecular weight is 629 g/mol. The van der Waals surface area contributed by atoms with Gasteiger partial charge in [-0.05, 0) is 86.1 Å². The van der Waals surface area contributed by atoms with E-state index in [1.165, 1.54) is 0 Å². The highest BCUT2D eigenvalue weighted by atomic mass is 32.2. The molecule has 2 aromatic heterocycles. The molecular weight excluding hydrogens is 593 g/mol. The van der Waals surface area contributed by atoms with Crippen LogP contribution in [-0.2, 0) is 16.4 Å². The summed E-state index contributed by atoms with van der Waals surface area (Å²) in [6, 6.07) is 18.0. The van der Waals surface area contributed by atoms with E-state index < -0.39 is 22.1 Å². The summed E-state index contributed by atoms with van der Waals surface area (Å²) < 4.78 is 68.9. The third kappa shape index (κ3) is 8.56. The first-order valence-corrected chi connectivity index (χ1v) is 16.0. The first-order chi connectivity index (χ1) is 21.1. The monoisotopic (exact) mass is 628 g/mol. The molecule has 234 valence electrons. The van der Waals surface area contributed by atoms with Crippen LogP contribution in [0.25, 0.3) is 10.9 Å². The maximum absolute atomic E-state index is 12.7. The number of aromatic nitrogens is 3. The van der Waals surface area contributed by atoms with Gasteiger partial charge >= 0.3 is 6.36 Å². The summed E-state index contributed by atoms with van der Waals surface area (Å²) in [5.74, 6) is 1.52. The third-order valence-electron chi connectivity index (χ3n) is 7.82. The Labute approximate surface area is 254 Å². The smallest absolute Gasteiger partial charge is 0.406 e. The Morgan fingerprint density at radius 2 is 1.59 bits per heavy atom. The summed E-state index contributed by atoms with van der Waals surface area (Å²) >= 11 is 0. The highest BCUT2D eigenvalue weighted by Gasteiger charge is 2.31. The van der Waals surface area contributed by atoms with Crippen molar-refractivity contribution in [2.45, 2.75) is 43.4 Å². The van der Waals surface area contributed by atoms with Gasteiger partial charge in [-0.1, -0.05) is 18.2 Å². The van der Waals surface area contributed by atoms with E-state index in [0.29, 0.717) is 18.4 Å². The number of rotatable bonds is 12. The van der Waals surface area contributed by atoms with Crippen molar-refractivity contribution < 1.29 is 26.3 Å². The van der Waals surface area contributed by atoms with Crippen LogP contribution in [0.1, 0.15) is 31.4 Å². The van der Waals surface area contributed by atoms with Gasteiger partial charge < -0.3 is 15.0 Å². The number of halogens is 3. The molecule has 0 saturated heterocycles. The lowest BCUT2D eigenvalue weighted by molar-refractivity contribution is -0.274. The largest absolute Gasteiger partial charge is 0.573 e. The van der Waals surface area contributed by atoms with E-state index in [-0.39, 0.29) is 17.4 Å². The topological polar surface area (TPSA) is 109 Å². The summed E-state index contributed by atoms with van der Waals surface area (Å²) in [5.41, 5.74) is 1.89. The highest BCUT2D eigenvalue weighted by Crippen LogP contribution is 2.30. The number of likely N-dealkylation sites (N-methyl/N-ethyl adjacent to an activating group) is 1. The van der Waals surface area contributed by atoms with E-state index in [0.717, 1.165) is 85.3 Å². The first-order valence-electron chi connectivity index (χ1n) is 14.5. The third-order valence-corrected chi connectivity index (χ3v) is 9.26. The van der Waals surface area contributed by atoms with Crippen molar-refractivity contribution in [2.24, 2.45) is 11.8 Å². The number of anilines is 2. The number of benzene rings is 2. The summed E-state index contributed by atoms with van der Waals surface area (Å²) in [6.45, 7) is 1.73. The minimum atomic E-state index is -4.84. The zero-order valence-electron chi connectivity index (χ0n) is 24.3. The zero-order valence-corrected chi connectivity index (χ0v) is 25.1. The maximum atomic E-state index is 12.7. The van der Waals surface area contributed by atoms with Gasteiger partial charge in [0, 0.05) is 50.4 Å². The Hall–Kier alpha value is -3.97. The van der Waals surface area contributed by atoms with Gasteiger partial charge in [0.25, 0.3) is 0 Å². The highest BCUT2D eigenvalue weighted by molar-refractivity contribution is 7.89. The Morgan fingerprint density at radius 1 is 0.909 bits per heavy atom. The Kier molecular flexibility index (Phi) is 9.84. The van der Waals surface area contributed by atoms with Crippen LogP contribution in [-0.4, -0.2) is 56.4 Å². The molecule has 1 aliphatic rings. The minimum Gasteiger partial charge on any atom is -0.406 e. The average Bonchev–Trinajstić information content (AvgIpc) is 3.02. The van der Waals surface area contributed by atoms with Crippen LogP contribution in [0.2, 0.25) is 0 Å². The molecule has 5 rings (SSSR count). The fourth-order valence-electron chi connectivity index (χ4n) is 5.37. The summed E-state index contributed by atoms with van der Waals surface area (Å²) in [7, 11) is -1.83. The molecule has 0 atom stereocenters. The van der Waals surface area contributed by atoms with E-state index in [1.54, 1.807) is 6.20 Å². The summed E-state index contributed by atoms with van der Waals surface area (Å²) in [5, 5.41) is 4.41. The second-order valence-corrected chi connectivity index (χ2v) is 12.8. The molecule has 44 heavy (non-hydrogen) atoms. The number of para-hydroxylation sites is 1. The molecule has 0 amide bonds. The zero-order chi connectivity index (χ0) is 31.2. The molecule has 0 unspecified atom stereocenters. The Bertz CT molecular complexity index is 1630. The van der Waals surface area contributed by atoms with Crippen LogP contribution >= 0.6 is 0 Å². The number of hydrogen-bond donors (Lipinski definition) is 2. The number of nitrogens with zero attached hydrogens (tertiary/aromatic N) is 4. The van der Waals surface area contributed by atoms with Crippen molar-refractivity contribution in [3.8, 4) is 5.75 Å². The second kappa shape index (κ2) is 13.8. The number of alkyl halides is 3. The molecule has 2 N–H and O–H groups in total. The lowest BCUT2D eigenvalue weighted by atomic mass is 9.82. The number of ether oxygens (including phenoxy) is 1. The van der Waals surface area contributed by atoms with Gasteiger partial charge in [0.15, 0.2) is 0 Å². The standard InChI is InChI=1S/C31H35F3N6O3S/c1-40(19-17-24-6-4-5-18-35-24)29-27-7-2-3-8-28(27)38-30(39-29)36-20-22-9-11-23(12-10-22)21-37-44(41,42)26-15-13-25(14-16-26)43-31(32,33)34/h2-8,13-16,18,22-23,37H,9-12,17,19-21H2,1H3,(H,36,38,39)/t22-,23-. The Morgan fingerprint density at radius 3 is 2.27 bits per heavy atom. The van der Waals surface area contributed by atoms with Gasteiger partial charge in [0.1, 0.15) is 11.6 Å². The van der Waals surface area contributed by atoms with E-state index in [9.17, 15) is 21.6 Å². The van der Waals surface area contributed by atoms with Crippen molar-refractivity contribution in [1.29, 1.82) is 0 Å². The molecule has 4 aromatic rings. The molecule has 2 aromatic carbocycles. The summed E-state index contributed by atoms with van der Waals surface area (Å²) in [4.78, 5) is 16.0. The van der Waals surface area contributed by atoms with E-state index in [4.69, 9.17) is 9.97 Å². The predicted octanol–water partition coefficient (Wildman–Crippen LogP) is 5.80. The SMILES string of the molecule is CN(CCc1ccccn1)c1nc(NC[C@H]2CC[C@H](CNS(=O)(=O)c3ccc(OC(F)(F)F)cc3)CC2)nc2ccccc12. The molecule has 9 nitrogen and oxygen atoms in total. The number of hydrogen-bond acceptors (Lipinski definition) is 8. The number of nitrogens with one attached hydrogen (secondary N) is 2. The summed E-state index contributed by atoms with van der Waals surface area (Å²) in [6.07, 6.45) is 1.31. The molecule has 0 aliphatic heterocycles. The number of fused-ring (bicyclic) bond motifs is 1. The van der Waals surface area contributed by atoms with Crippen LogP contribution in [0.15, 0.2) is 77.8 Å². The Balaban J connectivity index is 1.12. The fourth-order valence-corrected chi connectivity index (χ4v) is 6.49. The predicted molar refractivity (Wildman–Crippen MR) is 163 cm³/mol. The van der Waals surface area contributed by atoms with Gasteiger partial charge in [0.2, 0.25) is 16.0 Å². The molecular formula is C31H35F3N6O3S. The number of sulfonamides is 1. The van der Waals surface area contributed by atoms with E-state index >= 15 is 0 Å². The van der Waals surface area contributed by atoms with Gasteiger partial charge in [-0.3, -0.25) is 4.98 Å². The minimum absolute atomic E-state index is 0.109. The van der Waals surface area contributed by atoms with Crippen molar-refractivity contribution in [3.05, 3.63) is 78.6 Å². The van der Waals surface area contributed by atoms with Crippen LogP contribution in [0.3, 0.4) is 0 Å². The maximum Gasteiger partial charge on any atom is 0.573 e. The molecule has 1 fully saturated rings. The van der Waals surface area contributed by atoms with Crippen LogP contribution in [0.4, 0.5) is 24.9 Å². The number of pyridine rings is 1. The fraction of sp³-hybridized carbons (Fsp3) is 0.387. The molecule has 0 bridgehead atoms. The molecule has 0 radical (unpaired) electrons. The molecule has 1 saturated carbocycles. The van der Waals surface area contributed by atoms with Crippen molar-refractivity contribution in [2.75, 3.05) is 36.9 Å². The first kappa shape index (κ1) is 31.5. The van der Waals surface area contributed by atoms with Crippen LogP contribution in [0, 0.1) is 11.8 Å². The van der Waals surface area contributed by atoms with Crippen LogP contribution < -0.4 is 19.7 Å². The van der Waals surface area contributed by atoms with Crippen molar-refractivity contribution in [3.63, 3.8) is 0 Å². The second-order valence-electron chi connectivity index (χ2n) is 11.0. The molecule has 0 spiro atoms. The van der Waals surface area contributed by atoms with Crippen molar-refractivity contribution in [1.82, 2.24) is 19.7 Å². The van der Waals surface area contributed by atoms with Gasteiger partial charge in [-0.25, -0.2) is 18.1 Å². The molecule has 13 heteroatoms. The van der Waals surface area contributed by atoms with Gasteiger partial charge in [0.05, 0.1) is 10.4 Å². The lowest BCUT2D eigenvalue weighted by Crippen LogP contribution is -2.32. The quantitative estimate of drug-likeness (QED) is 0.203. The van der Waals surface area contributed by atoms with Crippen LogP contribution in [0.5, 0.6) is 5.75 Å². The lowest BCUT2D eigenvalue weighted by Gasteiger charge is -2.29. The van der Waals surface area contributed by atoms with Gasteiger partial charge in [-0.15, -0.1) is 13.2 Å². The van der Waals surface area contributed by atoms with Crippen molar-refractivity contribution >= 4 is 32.7 Å². The van der Waals surface area contributed by atoms with E-state index in [1.807, 2.05) is 49.5 Å². The van der Waals surface area contributed by atoms with E-state index in [2.05, 4.69) is 24.7 Å². The molecule has 2 heterocycles. The normalized spacial score (nSPS) is 17.4.